The summed E-state index contributed by atoms with van der Waals surface area (Å²) in [5.41, 5.74) is 6.00. The minimum atomic E-state index is 0.675. The molecule has 2 atom stereocenters. The second-order valence-electron chi connectivity index (χ2n) is 6.52. The highest BCUT2D eigenvalue weighted by Crippen LogP contribution is 2.25. The Hall–Kier alpha value is -0.120. The molecule has 3 N–H and O–H groups in total. The van der Waals surface area contributed by atoms with Gasteiger partial charge < -0.3 is 16.0 Å². The molecular formula is C15H31N3. The van der Waals surface area contributed by atoms with Crippen LogP contribution in [0.2, 0.25) is 0 Å². The summed E-state index contributed by atoms with van der Waals surface area (Å²) in [5.74, 6) is 1.49. The second-order valence-corrected chi connectivity index (χ2v) is 6.52. The topological polar surface area (TPSA) is 41.3 Å². The molecule has 0 spiro atoms. The SMILES string of the molecule is CC(C)N1CCC(C(CN)CNC2CCCC2)C1. The maximum Gasteiger partial charge on any atom is 0.00671 e. The summed E-state index contributed by atoms with van der Waals surface area (Å²) < 4.78 is 0. The summed E-state index contributed by atoms with van der Waals surface area (Å²) in [5, 5.41) is 3.76. The first-order chi connectivity index (χ1) is 8.70. The van der Waals surface area contributed by atoms with E-state index in [9.17, 15) is 0 Å². The molecule has 3 heteroatoms. The molecule has 2 unspecified atom stereocenters. The van der Waals surface area contributed by atoms with Crippen LogP contribution >= 0.6 is 0 Å². The summed E-state index contributed by atoms with van der Waals surface area (Å²) in [6.45, 7) is 9.11. The molecule has 3 nitrogen and oxygen atoms in total. The third kappa shape index (κ3) is 3.69. The van der Waals surface area contributed by atoms with Crippen molar-refractivity contribution in [1.29, 1.82) is 0 Å². The molecule has 2 rings (SSSR count). The van der Waals surface area contributed by atoms with Gasteiger partial charge in [0.15, 0.2) is 0 Å². The lowest BCUT2D eigenvalue weighted by molar-refractivity contribution is 0.242. The molecule has 1 saturated heterocycles. The lowest BCUT2D eigenvalue weighted by atomic mass is 9.91. The summed E-state index contributed by atoms with van der Waals surface area (Å²) >= 11 is 0. The van der Waals surface area contributed by atoms with E-state index >= 15 is 0 Å². The van der Waals surface area contributed by atoms with Crippen LogP contribution in [0.1, 0.15) is 46.0 Å². The molecule has 0 aromatic heterocycles. The minimum Gasteiger partial charge on any atom is -0.330 e. The molecule has 1 aliphatic carbocycles. The van der Waals surface area contributed by atoms with Crippen LogP contribution in [0.3, 0.4) is 0 Å². The molecule has 1 heterocycles. The van der Waals surface area contributed by atoms with Gasteiger partial charge in [-0.2, -0.15) is 0 Å². The molecule has 0 amide bonds. The zero-order chi connectivity index (χ0) is 13.0. The highest BCUT2D eigenvalue weighted by Gasteiger charge is 2.30. The fourth-order valence-corrected chi connectivity index (χ4v) is 3.56. The van der Waals surface area contributed by atoms with E-state index in [1.54, 1.807) is 0 Å². The van der Waals surface area contributed by atoms with Gasteiger partial charge in [0, 0.05) is 18.6 Å². The number of likely N-dealkylation sites (tertiary alicyclic amines) is 1. The zero-order valence-electron chi connectivity index (χ0n) is 12.2. The monoisotopic (exact) mass is 253 g/mol. The van der Waals surface area contributed by atoms with Crippen LogP contribution in [0.25, 0.3) is 0 Å². The Morgan fingerprint density at radius 1 is 1.22 bits per heavy atom. The number of nitrogens with two attached hydrogens (primary N) is 1. The molecule has 1 saturated carbocycles. The first-order valence-corrected chi connectivity index (χ1v) is 7.88. The smallest absolute Gasteiger partial charge is 0.00671 e. The molecule has 2 aliphatic rings. The largest absolute Gasteiger partial charge is 0.330 e. The predicted octanol–water partition coefficient (Wildman–Crippen LogP) is 1.82. The van der Waals surface area contributed by atoms with Gasteiger partial charge in [-0.3, -0.25) is 0 Å². The van der Waals surface area contributed by atoms with Crippen LogP contribution in [-0.4, -0.2) is 43.2 Å². The number of rotatable bonds is 6. The van der Waals surface area contributed by atoms with Crippen LogP contribution in [0.5, 0.6) is 0 Å². The highest BCUT2D eigenvalue weighted by molar-refractivity contribution is 4.85. The molecular weight excluding hydrogens is 222 g/mol. The van der Waals surface area contributed by atoms with Crippen LogP contribution < -0.4 is 11.1 Å². The maximum atomic E-state index is 6.00. The van der Waals surface area contributed by atoms with E-state index in [1.807, 2.05) is 0 Å². The Kier molecular flexibility index (Phi) is 5.46. The summed E-state index contributed by atoms with van der Waals surface area (Å²) in [6, 6.07) is 1.47. The normalized spacial score (nSPS) is 28.3. The van der Waals surface area contributed by atoms with Gasteiger partial charge >= 0.3 is 0 Å². The molecule has 106 valence electrons. The predicted molar refractivity (Wildman–Crippen MR) is 77.6 cm³/mol. The van der Waals surface area contributed by atoms with Crippen LogP contribution in [0, 0.1) is 11.8 Å². The van der Waals surface area contributed by atoms with Crippen molar-refractivity contribution in [3.8, 4) is 0 Å². The van der Waals surface area contributed by atoms with Crippen molar-refractivity contribution in [2.75, 3.05) is 26.2 Å². The zero-order valence-corrected chi connectivity index (χ0v) is 12.2. The molecule has 1 aliphatic heterocycles. The molecule has 18 heavy (non-hydrogen) atoms. The molecule has 0 bridgehead atoms. The lowest BCUT2D eigenvalue weighted by Gasteiger charge is -2.26. The number of nitrogens with one attached hydrogen (secondary N) is 1. The van der Waals surface area contributed by atoms with Crippen molar-refractivity contribution in [2.45, 2.75) is 58.0 Å². The van der Waals surface area contributed by atoms with Crippen LogP contribution in [0.15, 0.2) is 0 Å². The van der Waals surface area contributed by atoms with Gasteiger partial charge in [-0.1, -0.05) is 12.8 Å². The van der Waals surface area contributed by atoms with Gasteiger partial charge in [0.25, 0.3) is 0 Å². The summed E-state index contributed by atoms with van der Waals surface area (Å²) in [6.07, 6.45) is 6.91. The Balaban J connectivity index is 1.74. The Bertz CT molecular complexity index is 236. The van der Waals surface area contributed by atoms with Crippen LogP contribution in [0.4, 0.5) is 0 Å². The van der Waals surface area contributed by atoms with E-state index in [2.05, 4.69) is 24.1 Å². The van der Waals surface area contributed by atoms with Crippen molar-refractivity contribution in [3.05, 3.63) is 0 Å². The molecule has 0 aromatic carbocycles. The Morgan fingerprint density at radius 2 is 1.94 bits per heavy atom. The quantitative estimate of drug-likeness (QED) is 0.759. The van der Waals surface area contributed by atoms with Gasteiger partial charge in [0.05, 0.1) is 0 Å². The lowest BCUT2D eigenvalue weighted by Crippen LogP contribution is -2.39. The Morgan fingerprint density at radius 3 is 2.50 bits per heavy atom. The standard InChI is InChI=1S/C15H31N3/c1-12(2)18-8-7-13(11-18)14(9-16)10-17-15-5-3-4-6-15/h12-15,17H,3-11,16H2,1-2H3. The third-order valence-corrected chi connectivity index (χ3v) is 4.98. The average Bonchev–Trinajstić information content (AvgIpc) is 3.00. The van der Waals surface area contributed by atoms with Gasteiger partial charge in [0.2, 0.25) is 0 Å². The number of nitrogens with zero attached hydrogens (tertiary/aromatic N) is 1. The fourth-order valence-electron chi connectivity index (χ4n) is 3.56. The van der Waals surface area contributed by atoms with Gasteiger partial charge in [-0.15, -0.1) is 0 Å². The number of hydrogen-bond acceptors (Lipinski definition) is 3. The van der Waals surface area contributed by atoms with Gasteiger partial charge in [-0.25, -0.2) is 0 Å². The summed E-state index contributed by atoms with van der Waals surface area (Å²) in [4.78, 5) is 2.60. The van der Waals surface area contributed by atoms with E-state index in [4.69, 9.17) is 5.73 Å². The second kappa shape index (κ2) is 6.88. The minimum absolute atomic E-state index is 0.675. The van der Waals surface area contributed by atoms with E-state index in [0.29, 0.717) is 12.0 Å². The molecule has 2 fully saturated rings. The van der Waals surface area contributed by atoms with Gasteiger partial charge in [0.1, 0.15) is 0 Å². The van der Waals surface area contributed by atoms with E-state index in [1.165, 1.54) is 45.2 Å². The first kappa shape index (κ1) is 14.3. The van der Waals surface area contributed by atoms with Gasteiger partial charge in [-0.05, 0) is 64.6 Å². The van der Waals surface area contributed by atoms with Crippen molar-refractivity contribution in [1.82, 2.24) is 10.2 Å². The van der Waals surface area contributed by atoms with Crippen molar-refractivity contribution >= 4 is 0 Å². The van der Waals surface area contributed by atoms with Crippen molar-refractivity contribution in [2.24, 2.45) is 17.6 Å². The maximum absolute atomic E-state index is 6.00. The van der Waals surface area contributed by atoms with E-state index in [0.717, 1.165) is 25.0 Å². The summed E-state index contributed by atoms with van der Waals surface area (Å²) in [7, 11) is 0. The van der Waals surface area contributed by atoms with E-state index in [-0.39, 0.29) is 0 Å². The van der Waals surface area contributed by atoms with E-state index < -0.39 is 0 Å². The average molecular weight is 253 g/mol. The fraction of sp³-hybridized carbons (Fsp3) is 1.00. The highest BCUT2D eigenvalue weighted by atomic mass is 15.2. The van der Waals surface area contributed by atoms with Crippen molar-refractivity contribution < 1.29 is 0 Å². The third-order valence-electron chi connectivity index (χ3n) is 4.98. The first-order valence-electron chi connectivity index (χ1n) is 7.88. The number of hydrogen-bond donors (Lipinski definition) is 2. The van der Waals surface area contributed by atoms with Crippen LogP contribution in [-0.2, 0) is 0 Å². The molecule has 0 aromatic rings. The Labute approximate surface area is 112 Å². The van der Waals surface area contributed by atoms with Crippen molar-refractivity contribution in [3.63, 3.8) is 0 Å². The molecule has 0 radical (unpaired) electrons.